The van der Waals surface area contributed by atoms with E-state index in [0.29, 0.717) is 10.4 Å². The van der Waals surface area contributed by atoms with Crippen molar-refractivity contribution in [3.05, 3.63) is 58.3 Å². The second-order valence-electron chi connectivity index (χ2n) is 8.27. The number of rotatable bonds is 4. The molecule has 27 heavy (non-hydrogen) atoms. The van der Waals surface area contributed by atoms with Gasteiger partial charge in [-0.05, 0) is 66.9 Å². The van der Waals surface area contributed by atoms with Crippen molar-refractivity contribution in [3.8, 4) is 0 Å². The molecule has 1 fully saturated rings. The Hall–Kier alpha value is -1.56. The molecule has 0 aliphatic heterocycles. The highest BCUT2D eigenvalue weighted by molar-refractivity contribution is 7.89. The lowest BCUT2D eigenvalue weighted by atomic mass is 9.73. The monoisotopic (exact) mass is 405 g/mol. The quantitative estimate of drug-likeness (QED) is 0.787. The maximum Gasteiger partial charge on any atom is 0.238 e. The number of benzene rings is 1. The Bertz CT molecular complexity index is 985. The fourth-order valence-corrected chi connectivity index (χ4v) is 5.34. The lowest BCUT2D eigenvalue weighted by molar-refractivity contribution is 0.295. The molecule has 1 aromatic rings. The van der Waals surface area contributed by atoms with Crippen molar-refractivity contribution in [2.75, 3.05) is 7.11 Å². The van der Waals surface area contributed by atoms with Crippen LogP contribution in [-0.4, -0.2) is 15.5 Å². The fraction of sp³-hybridized carbons (Fsp3) is 0.429. The zero-order chi connectivity index (χ0) is 19.4. The third-order valence-corrected chi connectivity index (χ3v) is 7.48. The van der Waals surface area contributed by atoms with Gasteiger partial charge in [-0.2, -0.15) is 0 Å². The van der Waals surface area contributed by atoms with E-state index in [1.54, 1.807) is 19.2 Å². The van der Waals surface area contributed by atoms with Crippen LogP contribution in [0.3, 0.4) is 0 Å². The first kappa shape index (κ1) is 18.8. The fourth-order valence-electron chi connectivity index (χ4n) is 4.43. The zero-order valence-corrected chi connectivity index (χ0v) is 17.2. The number of halogens is 1. The molecule has 0 heterocycles. The number of ether oxygens (including phenoxy) is 1. The molecule has 0 bridgehead atoms. The molecule has 1 spiro atoms. The number of hydrogen-bond donors (Lipinski definition) is 1. The van der Waals surface area contributed by atoms with E-state index in [-0.39, 0.29) is 10.3 Å². The van der Waals surface area contributed by atoms with Gasteiger partial charge >= 0.3 is 0 Å². The van der Waals surface area contributed by atoms with Gasteiger partial charge in [-0.1, -0.05) is 42.3 Å². The third-order valence-electron chi connectivity index (χ3n) is 6.26. The predicted octanol–water partition coefficient (Wildman–Crippen LogP) is 4.72. The van der Waals surface area contributed by atoms with Crippen molar-refractivity contribution in [1.82, 2.24) is 0 Å². The second-order valence-corrected chi connectivity index (χ2v) is 10.2. The average molecular weight is 406 g/mol. The molecule has 3 aliphatic carbocycles. The van der Waals surface area contributed by atoms with Crippen molar-refractivity contribution in [3.63, 3.8) is 0 Å². The van der Waals surface area contributed by atoms with Crippen molar-refractivity contribution >= 4 is 27.2 Å². The van der Waals surface area contributed by atoms with E-state index in [2.05, 4.69) is 19.1 Å². The molecule has 0 aromatic heterocycles. The highest BCUT2D eigenvalue weighted by Gasteiger charge is 2.51. The highest BCUT2D eigenvalue weighted by Crippen LogP contribution is 2.65. The highest BCUT2D eigenvalue weighted by atomic mass is 35.5. The largest absolute Gasteiger partial charge is 0.496 e. The minimum atomic E-state index is -3.68. The molecule has 144 valence electrons. The predicted molar refractivity (Wildman–Crippen MR) is 107 cm³/mol. The van der Waals surface area contributed by atoms with Gasteiger partial charge in [0.05, 0.1) is 17.0 Å². The molecular weight excluding hydrogens is 382 g/mol. The first-order valence-electron chi connectivity index (χ1n) is 9.15. The summed E-state index contributed by atoms with van der Waals surface area (Å²) >= 11 is 6.46. The van der Waals surface area contributed by atoms with Crippen LogP contribution >= 0.6 is 11.6 Å². The van der Waals surface area contributed by atoms with Crippen molar-refractivity contribution in [2.24, 2.45) is 16.0 Å². The van der Waals surface area contributed by atoms with Gasteiger partial charge in [0.25, 0.3) is 0 Å². The molecule has 1 unspecified atom stereocenters. The topological polar surface area (TPSA) is 69.4 Å². The number of sulfonamides is 1. The van der Waals surface area contributed by atoms with E-state index in [4.69, 9.17) is 21.5 Å². The minimum Gasteiger partial charge on any atom is -0.496 e. The van der Waals surface area contributed by atoms with Crippen LogP contribution in [0.1, 0.15) is 44.6 Å². The van der Waals surface area contributed by atoms with Gasteiger partial charge in [-0.25, -0.2) is 13.6 Å². The minimum absolute atomic E-state index is 0.145. The Labute approximate surface area is 165 Å². The van der Waals surface area contributed by atoms with E-state index in [9.17, 15) is 8.42 Å². The number of hydrogen-bond acceptors (Lipinski definition) is 3. The van der Waals surface area contributed by atoms with Crippen LogP contribution in [0.5, 0.6) is 0 Å². The third kappa shape index (κ3) is 3.37. The lowest BCUT2D eigenvalue weighted by Gasteiger charge is -2.32. The van der Waals surface area contributed by atoms with Gasteiger partial charge in [-0.15, -0.1) is 0 Å². The van der Waals surface area contributed by atoms with Gasteiger partial charge < -0.3 is 4.74 Å². The van der Waals surface area contributed by atoms with Gasteiger partial charge in [0, 0.05) is 5.41 Å². The maximum absolute atomic E-state index is 11.6. The van der Waals surface area contributed by atoms with Gasteiger partial charge in [0.15, 0.2) is 0 Å². The molecule has 1 aromatic carbocycles. The smallest absolute Gasteiger partial charge is 0.238 e. The van der Waals surface area contributed by atoms with E-state index in [1.807, 2.05) is 12.1 Å². The summed E-state index contributed by atoms with van der Waals surface area (Å²) in [5.41, 5.74) is 4.05. The summed E-state index contributed by atoms with van der Waals surface area (Å²) < 4.78 is 28.5. The van der Waals surface area contributed by atoms with E-state index < -0.39 is 10.0 Å². The summed E-state index contributed by atoms with van der Waals surface area (Å²) in [4.78, 5) is 0.145. The van der Waals surface area contributed by atoms with Gasteiger partial charge in [0.2, 0.25) is 10.0 Å². The number of methoxy groups -OCH3 is 1. The molecule has 0 saturated heterocycles. The Morgan fingerprint density at radius 1 is 1.15 bits per heavy atom. The molecule has 4 rings (SSSR count). The van der Waals surface area contributed by atoms with Crippen LogP contribution < -0.4 is 5.14 Å². The first-order valence-corrected chi connectivity index (χ1v) is 11.1. The molecule has 1 atom stereocenters. The zero-order valence-electron chi connectivity index (χ0n) is 15.6. The Kier molecular flexibility index (Phi) is 4.33. The van der Waals surface area contributed by atoms with E-state index in [0.717, 1.165) is 30.6 Å². The Balaban J connectivity index is 1.76. The van der Waals surface area contributed by atoms with Gasteiger partial charge in [0.1, 0.15) is 5.76 Å². The summed E-state index contributed by atoms with van der Waals surface area (Å²) in [6, 6.07) is 6.96. The van der Waals surface area contributed by atoms with Crippen LogP contribution in [0.2, 0.25) is 0 Å². The van der Waals surface area contributed by atoms with Crippen LogP contribution in [0, 0.1) is 10.8 Å². The maximum atomic E-state index is 11.6. The second kappa shape index (κ2) is 6.23. The molecule has 2 N–H and O–H groups in total. The van der Waals surface area contributed by atoms with Crippen LogP contribution in [0.4, 0.5) is 0 Å². The average Bonchev–Trinajstić information content (AvgIpc) is 3.24. The number of primary sulfonamides is 1. The van der Waals surface area contributed by atoms with Crippen LogP contribution in [-0.2, 0) is 14.8 Å². The summed E-state index contributed by atoms with van der Waals surface area (Å²) in [6.45, 7) is 2.23. The molecular formula is C21H24ClNO3S. The van der Waals surface area contributed by atoms with Crippen molar-refractivity contribution in [1.29, 1.82) is 0 Å². The molecule has 4 nitrogen and oxygen atoms in total. The molecule has 6 heteroatoms. The summed E-state index contributed by atoms with van der Waals surface area (Å²) in [7, 11) is -2.04. The van der Waals surface area contributed by atoms with Gasteiger partial charge in [-0.3, -0.25) is 0 Å². The lowest BCUT2D eigenvalue weighted by Crippen LogP contribution is -2.20. The molecule has 0 amide bonds. The summed E-state index contributed by atoms with van der Waals surface area (Å²) in [5.74, 6) is 0.730. The Morgan fingerprint density at radius 2 is 1.81 bits per heavy atom. The van der Waals surface area contributed by atoms with Crippen LogP contribution in [0.25, 0.3) is 5.57 Å². The van der Waals surface area contributed by atoms with Crippen molar-refractivity contribution in [2.45, 2.75) is 43.9 Å². The molecule has 3 aliphatic rings. The number of nitrogens with two attached hydrogens (primary N) is 1. The first-order chi connectivity index (χ1) is 12.7. The normalized spacial score (nSPS) is 26.8. The number of allylic oxidation sites excluding steroid dienone is 5. The van der Waals surface area contributed by atoms with E-state index in [1.165, 1.54) is 24.0 Å². The SMILES string of the molecule is COC1=CCC(C)(C2=C(c3ccc(S(N)(=O)=O)cc3)CC3(CC3)C2)C=C1Cl. The Morgan fingerprint density at radius 3 is 2.33 bits per heavy atom. The molecule has 1 saturated carbocycles. The van der Waals surface area contributed by atoms with E-state index >= 15 is 0 Å². The van der Waals surface area contributed by atoms with Crippen molar-refractivity contribution < 1.29 is 13.2 Å². The molecule has 0 radical (unpaired) electrons. The standard InChI is InChI=1S/C21H24ClNO3S/c1-20(8-7-19(26-2)18(22)13-20)17-12-21(9-10-21)11-16(17)14-3-5-15(6-4-14)27(23,24)25/h3-7,13H,8-12H2,1-2H3,(H2,23,24,25). The van der Waals surface area contributed by atoms with Crippen LogP contribution in [0.15, 0.2) is 57.7 Å². The summed E-state index contributed by atoms with van der Waals surface area (Å²) in [5, 5.41) is 5.89. The summed E-state index contributed by atoms with van der Waals surface area (Å²) in [6.07, 6.45) is 9.64.